The third kappa shape index (κ3) is 3.29. The number of rotatable bonds is 3. The summed E-state index contributed by atoms with van der Waals surface area (Å²) in [5.41, 5.74) is 1.04. The number of aryl methyl sites for hydroxylation is 1. The van der Waals surface area contributed by atoms with Crippen LogP contribution < -0.4 is 5.32 Å². The lowest BCUT2D eigenvalue weighted by atomic mass is 10.1. The number of carbonyl (C=O) groups is 2. The van der Waals surface area contributed by atoms with E-state index in [0.29, 0.717) is 15.7 Å². The molecule has 1 aromatic rings. The molecular formula is C11H9BrN2O3. The Labute approximate surface area is 106 Å². The van der Waals surface area contributed by atoms with E-state index in [-0.39, 0.29) is 12.0 Å². The van der Waals surface area contributed by atoms with Crippen LogP contribution in [0.1, 0.15) is 22.3 Å². The van der Waals surface area contributed by atoms with Crippen molar-refractivity contribution in [3.63, 3.8) is 0 Å². The molecule has 0 atom stereocenters. The van der Waals surface area contributed by atoms with Gasteiger partial charge in [-0.2, -0.15) is 5.26 Å². The molecule has 2 N–H and O–H groups in total. The summed E-state index contributed by atoms with van der Waals surface area (Å²) in [6, 6.07) is 4.67. The number of carbonyl (C=O) groups excluding carboxylic acids is 1. The summed E-state index contributed by atoms with van der Waals surface area (Å²) in [6.07, 6.45) is -0.275. The average molecular weight is 297 g/mol. The Bertz CT molecular complexity index is 520. The molecule has 0 radical (unpaired) electrons. The molecule has 0 bridgehead atoms. The van der Waals surface area contributed by atoms with Gasteiger partial charge in [0.25, 0.3) is 0 Å². The number of aromatic carboxylic acids is 1. The first-order valence-corrected chi connectivity index (χ1v) is 5.45. The van der Waals surface area contributed by atoms with Crippen molar-refractivity contribution < 1.29 is 14.7 Å². The van der Waals surface area contributed by atoms with Crippen LogP contribution >= 0.6 is 15.9 Å². The van der Waals surface area contributed by atoms with Crippen molar-refractivity contribution >= 4 is 33.5 Å². The maximum atomic E-state index is 11.2. The Balaban J connectivity index is 3.09. The molecular weight excluding hydrogens is 288 g/mol. The second-order valence-electron chi connectivity index (χ2n) is 3.34. The van der Waals surface area contributed by atoms with Crippen molar-refractivity contribution in [1.82, 2.24) is 0 Å². The van der Waals surface area contributed by atoms with Crippen molar-refractivity contribution in [2.45, 2.75) is 13.3 Å². The molecule has 0 spiro atoms. The Morgan fingerprint density at radius 3 is 2.71 bits per heavy atom. The first-order chi connectivity index (χ1) is 7.95. The van der Waals surface area contributed by atoms with Gasteiger partial charge in [0.05, 0.1) is 17.3 Å². The number of halogens is 1. The standard InChI is InChI=1S/C11H9BrN2O3/c1-6-4-8(12)9(5-7(6)11(16)17)14-10(15)2-3-13/h4-5H,2H2,1H3,(H,14,15)(H,16,17). The predicted octanol–water partition coefficient (Wildman–Crippen LogP) is 2.31. The summed E-state index contributed by atoms with van der Waals surface area (Å²) in [7, 11) is 0. The average Bonchev–Trinajstić information content (AvgIpc) is 2.21. The molecule has 1 aromatic carbocycles. The molecule has 0 unspecified atom stereocenters. The third-order valence-electron chi connectivity index (χ3n) is 2.06. The van der Waals surface area contributed by atoms with Crippen LogP contribution in [0, 0.1) is 18.3 Å². The van der Waals surface area contributed by atoms with E-state index in [2.05, 4.69) is 21.2 Å². The molecule has 88 valence electrons. The third-order valence-corrected chi connectivity index (χ3v) is 2.71. The van der Waals surface area contributed by atoms with Gasteiger partial charge in [0.15, 0.2) is 0 Å². The van der Waals surface area contributed by atoms with Crippen LogP contribution in [0.3, 0.4) is 0 Å². The lowest BCUT2D eigenvalue weighted by molar-refractivity contribution is -0.115. The zero-order valence-electron chi connectivity index (χ0n) is 8.95. The van der Waals surface area contributed by atoms with Gasteiger partial charge in [0, 0.05) is 4.47 Å². The fourth-order valence-corrected chi connectivity index (χ4v) is 1.82. The quantitative estimate of drug-likeness (QED) is 0.895. The highest BCUT2D eigenvalue weighted by molar-refractivity contribution is 9.10. The lowest BCUT2D eigenvalue weighted by Gasteiger charge is -2.09. The summed E-state index contributed by atoms with van der Waals surface area (Å²) in [5, 5.41) is 19.8. The van der Waals surface area contributed by atoms with Crippen LogP contribution in [0.5, 0.6) is 0 Å². The highest BCUT2D eigenvalue weighted by Crippen LogP contribution is 2.26. The predicted molar refractivity (Wildman–Crippen MR) is 64.7 cm³/mol. The number of nitrogens with zero attached hydrogens (tertiary/aromatic N) is 1. The minimum atomic E-state index is -1.06. The number of hydrogen-bond acceptors (Lipinski definition) is 3. The summed E-state index contributed by atoms with van der Waals surface area (Å²) in [5.74, 6) is -1.54. The normalized spacial score (nSPS) is 9.47. The van der Waals surface area contributed by atoms with Gasteiger partial charge in [-0.05, 0) is 40.5 Å². The molecule has 1 rings (SSSR count). The summed E-state index contributed by atoms with van der Waals surface area (Å²) in [6.45, 7) is 1.66. The van der Waals surface area contributed by atoms with E-state index in [1.54, 1.807) is 19.1 Å². The molecule has 0 aliphatic heterocycles. The smallest absolute Gasteiger partial charge is 0.336 e. The second-order valence-corrected chi connectivity index (χ2v) is 4.19. The second kappa shape index (κ2) is 5.46. The molecule has 5 nitrogen and oxygen atoms in total. The number of amides is 1. The maximum absolute atomic E-state index is 11.2. The number of nitrogens with one attached hydrogen (secondary N) is 1. The number of anilines is 1. The van der Waals surface area contributed by atoms with Crippen molar-refractivity contribution in [2.24, 2.45) is 0 Å². The van der Waals surface area contributed by atoms with E-state index in [0.717, 1.165) is 0 Å². The van der Waals surface area contributed by atoms with Gasteiger partial charge < -0.3 is 10.4 Å². The monoisotopic (exact) mass is 296 g/mol. The Morgan fingerprint density at radius 1 is 1.53 bits per heavy atom. The van der Waals surface area contributed by atoms with E-state index in [9.17, 15) is 9.59 Å². The molecule has 0 aliphatic carbocycles. The van der Waals surface area contributed by atoms with E-state index in [4.69, 9.17) is 10.4 Å². The van der Waals surface area contributed by atoms with E-state index >= 15 is 0 Å². The van der Waals surface area contributed by atoms with Crippen molar-refractivity contribution in [2.75, 3.05) is 5.32 Å². The van der Waals surface area contributed by atoms with Gasteiger partial charge in [-0.15, -0.1) is 0 Å². The van der Waals surface area contributed by atoms with E-state index < -0.39 is 11.9 Å². The number of hydrogen-bond donors (Lipinski definition) is 2. The fourth-order valence-electron chi connectivity index (χ4n) is 1.27. The highest BCUT2D eigenvalue weighted by atomic mass is 79.9. The molecule has 6 heteroatoms. The number of carboxylic acids is 1. The number of carboxylic acid groups (broad SMARTS) is 1. The fraction of sp³-hybridized carbons (Fsp3) is 0.182. The zero-order valence-corrected chi connectivity index (χ0v) is 10.5. The van der Waals surface area contributed by atoms with Crippen LogP contribution in [0.2, 0.25) is 0 Å². The topological polar surface area (TPSA) is 90.2 Å². The zero-order chi connectivity index (χ0) is 13.0. The van der Waals surface area contributed by atoms with E-state index in [1.807, 2.05) is 0 Å². The molecule has 0 aliphatic rings. The van der Waals surface area contributed by atoms with Crippen molar-refractivity contribution in [1.29, 1.82) is 5.26 Å². The van der Waals surface area contributed by atoms with Crippen molar-refractivity contribution in [3.8, 4) is 6.07 Å². The molecule has 0 saturated heterocycles. The van der Waals surface area contributed by atoms with Crippen LogP contribution in [-0.4, -0.2) is 17.0 Å². The Hall–Kier alpha value is -1.87. The van der Waals surface area contributed by atoms with E-state index in [1.165, 1.54) is 6.07 Å². The Morgan fingerprint density at radius 2 is 2.18 bits per heavy atom. The van der Waals surface area contributed by atoms with Gasteiger partial charge in [-0.3, -0.25) is 4.79 Å². The molecule has 0 fully saturated rings. The van der Waals surface area contributed by atoms with Gasteiger partial charge in [-0.1, -0.05) is 0 Å². The molecule has 0 heterocycles. The van der Waals surface area contributed by atoms with Crippen LogP contribution in [0.4, 0.5) is 5.69 Å². The Kier molecular flexibility index (Phi) is 4.24. The number of nitriles is 1. The minimum Gasteiger partial charge on any atom is -0.478 e. The van der Waals surface area contributed by atoms with Gasteiger partial charge in [0.2, 0.25) is 5.91 Å². The minimum absolute atomic E-state index is 0.112. The van der Waals surface area contributed by atoms with Gasteiger partial charge >= 0.3 is 5.97 Å². The first-order valence-electron chi connectivity index (χ1n) is 4.66. The lowest BCUT2D eigenvalue weighted by Crippen LogP contribution is -2.12. The summed E-state index contributed by atoms with van der Waals surface area (Å²) < 4.78 is 0.575. The van der Waals surface area contributed by atoms with Crippen LogP contribution in [0.15, 0.2) is 16.6 Å². The highest BCUT2D eigenvalue weighted by Gasteiger charge is 2.12. The first kappa shape index (κ1) is 13.2. The van der Waals surface area contributed by atoms with Gasteiger partial charge in [-0.25, -0.2) is 4.79 Å². The van der Waals surface area contributed by atoms with Crippen LogP contribution in [-0.2, 0) is 4.79 Å². The molecule has 1 amide bonds. The molecule has 0 aromatic heterocycles. The molecule has 17 heavy (non-hydrogen) atoms. The maximum Gasteiger partial charge on any atom is 0.336 e. The molecule has 0 saturated carbocycles. The summed E-state index contributed by atoms with van der Waals surface area (Å²) in [4.78, 5) is 22.1. The largest absolute Gasteiger partial charge is 0.478 e. The van der Waals surface area contributed by atoms with Crippen LogP contribution in [0.25, 0.3) is 0 Å². The van der Waals surface area contributed by atoms with Gasteiger partial charge in [0.1, 0.15) is 6.42 Å². The SMILES string of the molecule is Cc1cc(Br)c(NC(=O)CC#N)cc1C(=O)O. The van der Waals surface area contributed by atoms with Crippen molar-refractivity contribution in [3.05, 3.63) is 27.7 Å². The number of benzene rings is 1. The summed E-state index contributed by atoms with van der Waals surface area (Å²) >= 11 is 3.22.